The van der Waals surface area contributed by atoms with E-state index in [0.717, 1.165) is 32.3 Å². The number of rotatable bonds is 2. The largest absolute Gasteiger partial charge is 0.459 e. The maximum absolute atomic E-state index is 6.43. The molecule has 1 heterocycles. The molecule has 2 aromatic carbocycles. The molecule has 108 valence electrons. The minimum atomic E-state index is -0.240. The third-order valence-corrected chi connectivity index (χ3v) is 4.32. The Kier molecular flexibility index (Phi) is 3.64. The van der Waals surface area contributed by atoms with Gasteiger partial charge in [-0.1, -0.05) is 39.7 Å². The van der Waals surface area contributed by atoms with Crippen LogP contribution in [0.4, 0.5) is 0 Å². The molecule has 1 atom stereocenters. The van der Waals surface area contributed by atoms with Gasteiger partial charge < -0.3 is 10.2 Å². The van der Waals surface area contributed by atoms with Gasteiger partial charge in [0.15, 0.2) is 0 Å². The quantitative estimate of drug-likeness (QED) is 0.697. The average molecular weight is 344 g/mol. The monoisotopic (exact) mass is 343 g/mol. The smallest absolute Gasteiger partial charge is 0.137 e. The Hall–Kier alpha value is -1.58. The molecular weight excluding hydrogens is 326 g/mol. The third-order valence-electron chi connectivity index (χ3n) is 3.86. The zero-order chi connectivity index (χ0) is 15.1. The van der Waals surface area contributed by atoms with Crippen molar-refractivity contribution in [1.82, 2.24) is 0 Å². The lowest BCUT2D eigenvalue weighted by Crippen LogP contribution is -2.12. The first-order valence-electron chi connectivity index (χ1n) is 6.98. The van der Waals surface area contributed by atoms with Crippen LogP contribution in [0.3, 0.4) is 0 Å². The lowest BCUT2D eigenvalue weighted by molar-refractivity contribution is 0.522. The van der Waals surface area contributed by atoms with E-state index in [1.54, 1.807) is 0 Å². The molecule has 3 heteroatoms. The van der Waals surface area contributed by atoms with Gasteiger partial charge >= 0.3 is 0 Å². The van der Waals surface area contributed by atoms with Crippen molar-refractivity contribution >= 4 is 26.9 Å². The summed E-state index contributed by atoms with van der Waals surface area (Å²) in [5, 5.41) is 1.08. The number of hydrogen-bond donors (Lipinski definition) is 1. The summed E-state index contributed by atoms with van der Waals surface area (Å²) in [5.74, 6) is 0.805. The second-order valence-corrected chi connectivity index (χ2v) is 6.54. The molecule has 3 rings (SSSR count). The number of nitrogens with two attached hydrogens (primary N) is 1. The predicted octanol–water partition coefficient (Wildman–Crippen LogP) is 5.17. The van der Waals surface area contributed by atoms with Crippen LogP contribution in [0.25, 0.3) is 11.0 Å². The summed E-state index contributed by atoms with van der Waals surface area (Å²) in [5.41, 5.74) is 12.0. The topological polar surface area (TPSA) is 39.2 Å². The van der Waals surface area contributed by atoms with Crippen molar-refractivity contribution < 1.29 is 4.42 Å². The summed E-state index contributed by atoms with van der Waals surface area (Å²) < 4.78 is 7.07. The van der Waals surface area contributed by atoms with Crippen LogP contribution in [0.2, 0.25) is 0 Å². The second kappa shape index (κ2) is 5.32. The fraction of sp³-hybridized carbons (Fsp3) is 0.222. The van der Waals surface area contributed by atoms with Crippen molar-refractivity contribution in [3.63, 3.8) is 0 Å². The van der Waals surface area contributed by atoms with E-state index in [1.165, 1.54) is 11.1 Å². The van der Waals surface area contributed by atoms with Gasteiger partial charge in [0.05, 0.1) is 6.04 Å². The summed E-state index contributed by atoms with van der Waals surface area (Å²) in [6.45, 7) is 6.21. The highest BCUT2D eigenvalue weighted by atomic mass is 79.9. The lowest BCUT2D eigenvalue weighted by atomic mass is 9.98. The normalized spacial score (nSPS) is 12.8. The molecule has 0 radical (unpaired) electrons. The molecule has 0 bridgehead atoms. The number of furan rings is 1. The Morgan fingerprint density at radius 3 is 2.52 bits per heavy atom. The SMILES string of the molecule is Cc1ccc(C)c(C(N)c2cc3cc(Br)cc(C)c3o2)c1. The Morgan fingerprint density at radius 1 is 1.00 bits per heavy atom. The first kappa shape index (κ1) is 14.4. The number of aryl methyl sites for hydroxylation is 3. The van der Waals surface area contributed by atoms with Crippen LogP contribution in [0.15, 0.2) is 45.3 Å². The van der Waals surface area contributed by atoms with E-state index < -0.39 is 0 Å². The summed E-state index contributed by atoms with van der Waals surface area (Å²) in [7, 11) is 0. The van der Waals surface area contributed by atoms with Crippen LogP contribution < -0.4 is 5.73 Å². The minimum Gasteiger partial charge on any atom is -0.459 e. The fourth-order valence-electron chi connectivity index (χ4n) is 2.70. The molecule has 1 aromatic heterocycles. The zero-order valence-electron chi connectivity index (χ0n) is 12.4. The van der Waals surface area contributed by atoms with Crippen molar-refractivity contribution in [2.24, 2.45) is 5.73 Å². The van der Waals surface area contributed by atoms with Crippen LogP contribution in [0.1, 0.15) is 34.1 Å². The molecule has 0 aliphatic carbocycles. The van der Waals surface area contributed by atoms with Crippen LogP contribution in [0.5, 0.6) is 0 Å². The van der Waals surface area contributed by atoms with Gasteiger partial charge in [0, 0.05) is 9.86 Å². The van der Waals surface area contributed by atoms with E-state index in [2.05, 4.69) is 60.1 Å². The highest BCUT2D eigenvalue weighted by molar-refractivity contribution is 9.10. The molecule has 1 unspecified atom stereocenters. The molecule has 3 aromatic rings. The molecule has 2 nitrogen and oxygen atoms in total. The number of benzene rings is 2. The van der Waals surface area contributed by atoms with Gasteiger partial charge in [0.1, 0.15) is 11.3 Å². The van der Waals surface area contributed by atoms with Crippen molar-refractivity contribution in [2.45, 2.75) is 26.8 Å². The lowest BCUT2D eigenvalue weighted by Gasteiger charge is -2.13. The highest BCUT2D eigenvalue weighted by Gasteiger charge is 2.17. The van der Waals surface area contributed by atoms with Gasteiger partial charge in [0.25, 0.3) is 0 Å². The standard InChI is InChI=1S/C18H18BrNO/c1-10-4-5-11(2)15(6-10)17(20)16-9-13-8-14(19)7-12(3)18(13)21-16/h4-9,17H,20H2,1-3H3. The molecule has 2 N–H and O–H groups in total. The number of fused-ring (bicyclic) bond motifs is 1. The van der Waals surface area contributed by atoms with Gasteiger partial charge in [0.2, 0.25) is 0 Å². The van der Waals surface area contributed by atoms with E-state index >= 15 is 0 Å². The Morgan fingerprint density at radius 2 is 1.76 bits per heavy atom. The van der Waals surface area contributed by atoms with Gasteiger partial charge in [-0.05, 0) is 55.7 Å². The summed E-state index contributed by atoms with van der Waals surface area (Å²) in [6.07, 6.45) is 0. The first-order valence-corrected chi connectivity index (χ1v) is 7.77. The number of hydrogen-bond acceptors (Lipinski definition) is 2. The summed E-state index contributed by atoms with van der Waals surface area (Å²) >= 11 is 3.52. The van der Waals surface area contributed by atoms with Crippen molar-refractivity contribution in [3.05, 3.63) is 68.9 Å². The molecule has 0 fully saturated rings. The average Bonchev–Trinajstić information content (AvgIpc) is 2.85. The minimum absolute atomic E-state index is 0.240. The molecule has 21 heavy (non-hydrogen) atoms. The second-order valence-electron chi connectivity index (χ2n) is 5.63. The Bertz CT molecular complexity index is 819. The van der Waals surface area contributed by atoms with Crippen LogP contribution in [0, 0.1) is 20.8 Å². The van der Waals surface area contributed by atoms with Crippen molar-refractivity contribution in [1.29, 1.82) is 0 Å². The van der Waals surface area contributed by atoms with Gasteiger partial charge in [-0.2, -0.15) is 0 Å². The first-order chi connectivity index (χ1) is 9.95. The van der Waals surface area contributed by atoms with Crippen LogP contribution in [-0.2, 0) is 0 Å². The molecule has 0 saturated heterocycles. The van der Waals surface area contributed by atoms with Crippen LogP contribution in [-0.4, -0.2) is 0 Å². The maximum Gasteiger partial charge on any atom is 0.137 e. The van der Waals surface area contributed by atoms with E-state index in [9.17, 15) is 0 Å². The molecule has 0 aliphatic rings. The van der Waals surface area contributed by atoms with Gasteiger partial charge in [-0.15, -0.1) is 0 Å². The number of halogens is 1. The molecule has 0 aliphatic heterocycles. The molecule has 0 amide bonds. The third kappa shape index (κ3) is 2.63. The van der Waals surface area contributed by atoms with Gasteiger partial charge in [-0.25, -0.2) is 0 Å². The van der Waals surface area contributed by atoms with E-state index in [0.29, 0.717) is 0 Å². The highest BCUT2D eigenvalue weighted by Crippen LogP contribution is 2.32. The zero-order valence-corrected chi connectivity index (χ0v) is 14.0. The van der Waals surface area contributed by atoms with Crippen LogP contribution >= 0.6 is 15.9 Å². The van der Waals surface area contributed by atoms with Crippen molar-refractivity contribution in [3.8, 4) is 0 Å². The Balaban J connectivity index is 2.11. The van der Waals surface area contributed by atoms with Crippen molar-refractivity contribution in [2.75, 3.05) is 0 Å². The van der Waals surface area contributed by atoms with E-state index in [1.807, 2.05) is 13.0 Å². The van der Waals surface area contributed by atoms with E-state index in [4.69, 9.17) is 10.2 Å². The maximum atomic E-state index is 6.43. The predicted molar refractivity (Wildman–Crippen MR) is 90.6 cm³/mol. The van der Waals surface area contributed by atoms with Gasteiger partial charge in [-0.3, -0.25) is 0 Å². The summed E-state index contributed by atoms with van der Waals surface area (Å²) in [4.78, 5) is 0. The summed E-state index contributed by atoms with van der Waals surface area (Å²) in [6, 6.07) is 12.3. The Labute approximate surface area is 133 Å². The fourth-order valence-corrected chi connectivity index (χ4v) is 3.29. The van der Waals surface area contributed by atoms with E-state index in [-0.39, 0.29) is 6.04 Å². The molecule has 0 spiro atoms. The molecular formula is C18H18BrNO. The molecule has 0 saturated carbocycles.